The first-order valence-corrected chi connectivity index (χ1v) is 3.78. The smallest absolute Gasteiger partial charge is 0.294 e. The van der Waals surface area contributed by atoms with E-state index in [1.807, 2.05) is 0 Å². The largest absolute Gasteiger partial charge is 0.472 e. The highest BCUT2D eigenvalue weighted by atomic mass is 16.9. The molecule has 0 aromatic carbocycles. The molecule has 7 nitrogen and oxygen atoms in total. The Morgan fingerprint density at radius 1 is 1.71 bits per heavy atom. The molecule has 0 radical (unpaired) electrons. The van der Waals surface area contributed by atoms with Gasteiger partial charge in [-0.25, -0.2) is 0 Å². The summed E-state index contributed by atoms with van der Waals surface area (Å²) < 4.78 is 4.68. The molecule has 0 saturated heterocycles. The van der Waals surface area contributed by atoms with Crippen LogP contribution < -0.4 is 5.32 Å². The van der Waals surface area contributed by atoms with Gasteiger partial charge in [0, 0.05) is 6.54 Å². The van der Waals surface area contributed by atoms with Gasteiger partial charge in [-0.2, -0.15) is 0 Å². The van der Waals surface area contributed by atoms with Crippen molar-refractivity contribution in [1.29, 1.82) is 0 Å². The van der Waals surface area contributed by atoms with Crippen molar-refractivity contribution in [3.63, 3.8) is 0 Å². The molecule has 1 rings (SSSR count). The minimum atomic E-state index is -0.913. The quantitative estimate of drug-likeness (QED) is 0.416. The van der Waals surface area contributed by atoms with Crippen molar-refractivity contribution >= 4 is 5.91 Å². The van der Waals surface area contributed by atoms with E-state index in [4.69, 9.17) is 0 Å². The van der Waals surface area contributed by atoms with Crippen molar-refractivity contribution < 1.29 is 19.1 Å². The molecule has 1 N–H and O–H groups in total. The van der Waals surface area contributed by atoms with E-state index in [1.54, 1.807) is 0 Å². The van der Waals surface area contributed by atoms with Crippen molar-refractivity contribution in [2.24, 2.45) is 0 Å². The summed E-state index contributed by atoms with van der Waals surface area (Å²) in [6, 6.07) is 1.49. The molecule has 1 aromatic heterocycles. The molecular formula is C7H8N2O5. The number of amides is 1. The number of rotatable bonds is 5. The van der Waals surface area contributed by atoms with Gasteiger partial charge < -0.3 is 14.6 Å². The van der Waals surface area contributed by atoms with Gasteiger partial charge in [-0.3, -0.25) is 4.79 Å². The standard InChI is InChI=1S/C7H8N2O5/c10-7(6-1-3-13-5-6)8-2-4-14-9(11)12/h1,3,5H,2,4H2,(H,8,10). The monoisotopic (exact) mass is 200 g/mol. The SMILES string of the molecule is O=C(NCCO[N+](=O)[O-])c1ccoc1. The van der Waals surface area contributed by atoms with Gasteiger partial charge in [0.15, 0.2) is 0 Å². The summed E-state index contributed by atoms with van der Waals surface area (Å²) in [4.78, 5) is 24.9. The first kappa shape index (κ1) is 10.0. The molecule has 0 atom stereocenters. The Morgan fingerprint density at radius 2 is 2.50 bits per heavy atom. The molecule has 1 aromatic rings. The molecular weight excluding hydrogens is 192 g/mol. The van der Waals surface area contributed by atoms with Gasteiger partial charge in [-0.05, 0) is 6.07 Å². The topological polar surface area (TPSA) is 94.6 Å². The second-order valence-corrected chi connectivity index (χ2v) is 2.32. The van der Waals surface area contributed by atoms with Gasteiger partial charge in [-0.15, -0.1) is 10.1 Å². The van der Waals surface area contributed by atoms with E-state index in [2.05, 4.69) is 14.6 Å². The van der Waals surface area contributed by atoms with Crippen LogP contribution in [-0.2, 0) is 4.84 Å². The molecule has 76 valence electrons. The third-order valence-electron chi connectivity index (χ3n) is 1.37. The molecule has 0 aliphatic heterocycles. The Morgan fingerprint density at radius 3 is 3.07 bits per heavy atom. The Kier molecular flexibility index (Phi) is 3.48. The zero-order valence-electron chi connectivity index (χ0n) is 7.13. The second kappa shape index (κ2) is 4.85. The number of carbonyl (C=O) groups is 1. The first-order valence-electron chi connectivity index (χ1n) is 3.78. The van der Waals surface area contributed by atoms with Crippen molar-refractivity contribution in [3.05, 3.63) is 34.3 Å². The number of nitrogens with one attached hydrogen (secondary N) is 1. The second-order valence-electron chi connectivity index (χ2n) is 2.32. The first-order chi connectivity index (χ1) is 6.70. The summed E-state index contributed by atoms with van der Waals surface area (Å²) in [7, 11) is 0. The van der Waals surface area contributed by atoms with Gasteiger partial charge >= 0.3 is 0 Å². The van der Waals surface area contributed by atoms with Gasteiger partial charge in [0.2, 0.25) is 0 Å². The van der Waals surface area contributed by atoms with E-state index in [9.17, 15) is 14.9 Å². The van der Waals surface area contributed by atoms with E-state index >= 15 is 0 Å². The average Bonchev–Trinajstić information content (AvgIpc) is 2.64. The maximum atomic E-state index is 11.2. The Labute approximate surface area is 78.8 Å². The number of hydrogen-bond donors (Lipinski definition) is 1. The highest BCUT2D eigenvalue weighted by Crippen LogP contribution is 1.98. The predicted molar refractivity (Wildman–Crippen MR) is 44.0 cm³/mol. The Balaban J connectivity index is 2.19. The van der Waals surface area contributed by atoms with Crippen LogP contribution in [0, 0.1) is 10.1 Å². The molecule has 0 bridgehead atoms. The van der Waals surface area contributed by atoms with E-state index in [-0.39, 0.29) is 19.1 Å². The lowest BCUT2D eigenvalue weighted by molar-refractivity contribution is -0.757. The lowest BCUT2D eigenvalue weighted by atomic mass is 10.3. The van der Waals surface area contributed by atoms with Gasteiger partial charge in [-0.1, -0.05) is 0 Å². The summed E-state index contributed by atoms with van der Waals surface area (Å²) in [6.45, 7) is -0.0957. The van der Waals surface area contributed by atoms with E-state index in [0.29, 0.717) is 5.56 Å². The van der Waals surface area contributed by atoms with Crippen LogP contribution in [0.25, 0.3) is 0 Å². The van der Waals surface area contributed by atoms with Gasteiger partial charge in [0.25, 0.3) is 11.0 Å². The molecule has 0 fully saturated rings. The fourth-order valence-electron chi connectivity index (χ4n) is 0.780. The minimum Gasteiger partial charge on any atom is -0.472 e. The Hall–Kier alpha value is -2.05. The number of nitrogens with zero attached hydrogens (tertiary/aromatic N) is 1. The third-order valence-corrected chi connectivity index (χ3v) is 1.37. The van der Waals surface area contributed by atoms with Crippen molar-refractivity contribution in [1.82, 2.24) is 5.32 Å². The van der Waals surface area contributed by atoms with Gasteiger partial charge in [0.1, 0.15) is 12.9 Å². The molecule has 0 saturated carbocycles. The van der Waals surface area contributed by atoms with Crippen LogP contribution in [0.3, 0.4) is 0 Å². The average molecular weight is 200 g/mol. The molecule has 0 aliphatic carbocycles. The zero-order chi connectivity index (χ0) is 10.4. The van der Waals surface area contributed by atoms with Crippen LogP contribution in [0.1, 0.15) is 10.4 Å². The maximum Gasteiger partial charge on any atom is 0.294 e. The number of carbonyl (C=O) groups excluding carboxylic acids is 1. The van der Waals surface area contributed by atoms with Gasteiger partial charge in [0.05, 0.1) is 11.8 Å². The molecule has 1 heterocycles. The summed E-state index contributed by atoms with van der Waals surface area (Å²) in [6.07, 6.45) is 2.64. The third kappa shape index (κ3) is 3.13. The summed E-state index contributed by atoms with van der Waals surface area (Å²) in [5.74, 6) is -0.356. The lowest BCUT2D eigenvalue weighted by Gasteiger charge is -2.01. The fourth-order valence-corrected chi connectivity index (χ4v) is 0.780. The number of furan rings is 1. The molecule has 7 heteroatoms. The van der Waals surface area contributed by atoms with E-state index < -0.39 is 5.09 Å². The molecule has 0 spiro atoms. The van der Waals surface area contributed by atoms with E-state index in [0.717, 1.165) is 0 Å². The number of hydrogen-bond acceptors (Lipinski definition) is 5. The van der Waals surface area contributed by atoms with E-state index in [1.165, 1.54) is 18.6 Å². The minimum absolute atomic E-state index is 0.0744. The maximum absolute atomic E-state index is 11.2. The summed E-state index contributed by atoms with van der Waals surface area (Å²) >= 11 is 0. The molecule has 0 unspecified atom stereocenters. The van der Waals surface area contributed by atoms with Crippen molar-refractivity contribution in [2.75, 3.05) is 13.2 Å². The zero-order valence-corrected chi connectivity index (χ0v) is 7.13. The predicted octanol–water partition coefficient (Wildman–Crippen LogP) is 0.218. The summed E-state index contributed by atoms with van der Waals surface area (Å²) in [5.41, 5.74) is 0.367. The fraction of sp³-hybridized carbons (Fsp3) is 0.286. The van der Waals surface area contributed by atoms with Crippen LogP contribution in [0.5, 0.6) is 0 Å². The van der Waals surface area contributed by atoms with Crippen molar-refractivity contribution in [3.8, 4) is 0 Å². The molecule has 14 heavy (non-hydrogen) atoms. The lowest BCUT2D eigenvalue weighted by Crippen LogP contribution is -2.27. The highest BCUT2D eigenvalue weighted by Gasteiger charge is 2.05. The molecule has 1 amide bonds. The van der Waals surface area contributed by atoms with Crippen LogP contribution in [-0.4, -0.2) is 24.1 Å². The van der Waals surface area contributed by atoms with Crippen LogP contribution in [0.15, 0.2) is 23.0 Å². The molecule has 0 aliphatic rings. The highest BCUT2D eigenvalue weighted by molar-refractivity contribution is 5.93. The van der Waals surface area contributed by atoms with Crippen molar-refractivity contribution in [2.45, 2.75) is 0 Å². The van der Waals surface area contributed by atoms with Crippen LogP contribution in [0.4, 0.5) is 0 Å². The normalized spacial score (nSPS) is 9.43. The summed E-state index contributed by atoms with van der Waals surface area (Å²) in [5, 5.41) is 11.2. The Bertz CT molecular complexity index is 308. The van der Waals surface area contributed by atoms with Crippen LogP contribution in [0.2, 0.25) is 0 Å². The van der Waals surface area contributed by atoms with Crippen LogP contribution >= 0.6 is 0 Å².